The van der Waals surface area contributed by atoms with Gasteiger partial charge in [-0.05, 0) is 39.0 Å². The molecule has 0 aromatic heterocycles. The summed E-state index contributed by atoms with van der Waals surface area (Å²) in [4.78, 5) is 0. The van der Waals surface area contributed by atoms with Gasteiger partial charge in [-0.2, -0.15) is 0 Å². The average molecular weight is 465 g/mol. The SMILES string of the molecule is ClC1C(Cl)C(Cl)C(Cl)C(Cl)C1Cl.NCCCNCCNCCCN. The fraction of sp³-hybridized carbons (Fsp3) is 1.00. The van der Waals surface area contributed by atoms with Gasteiger partial charge in [0.15, 0.2) is 0 Å². The maximum atomic E-state index is 5.88. The number of nitrogens with two attached hydrogens (primary N) is 2. The van der Waals surface area contributed by atoms with Crippen LogP contribution in [0.1, 0.15) is 12.8 Å². The monoisotopic (exact) mass is 462 g/mol. The van der Waals surface area contributed by atoms with Crippen molar-refractivity contribution in [2.75, 3.05) is 39.3 Å². The van der Waals surface area contributed by atoms with Crippen molar-refractivity contribution in [3.8, 4) is 0 Å². The highest BCUT2D eigenvalue weighted by molar-refractivity contribution is 6.45. The molecule has 10 heteroatoms. The highest BCUT2D eigenvalue weighted by atomic mass is 35.5. The number of alkyl halides is 6. The third kappa shape index (κ3) is 10.1. The van der Waals surface area contributed by atoms with Crippen LogP contribution in [-0.2, 0) is 0 Å². The normalized spacial score (nSPS) is 33.0. The number of nitrogens with one attached hydrogen (secondary N) is 2. The van der Waals surface area contributed by atoms with E-state index in [-0.39, 0.29) is 0 Å². The van der Waals surface area contributed by atoms with Gasteiger partial charge < -0.3 is 22.1 Å². The van der Waals surface area contributed by atoms with Crippen molar-refractivity contribution in [1.29, 1.82) is 0 Å². The second kappa shape index (κ2) is 15.6. The van der Waals surface area contributed by atoms with Crippen LogP contribution in [0.15, 0.2) is 0 Å². The van der Waals surface area contributed by atoms with E-state index in [0.717, 1.165) is 52.1 Å². The zero-order valence-electron chi connectivity index (χ0n) is 13.5. The van der Waals surface area contributed by atoms with Crippen molar-refractivity contribution in [2.24, 2.45) is 11.5 Å². The molecule has 24 heavy (non-hydrogen) atoms. The second-order valence-electron chi connectivity index (χ2n) is 5.45. The lowest BCUT2D eigenvalue weighted by molar-refractivity contribution is 0.544. The molecule has 146 valence electrons. The molecular formula is C14H28Cl6N4. The van der Waals surface area contributed by atoms with Crippen LogP contribution in [0, 0.1) is 0 Å². The van der Waals surface area contributed by atoms with Crippen LogP contribution in [0.5, 0.6) is 0 Å². The van der Waals surface area contributed by atoms with Crippen LogP contribution in [0.4, 0.5) is 0 Å². The van der Waals surface area contributed by atoms with E-state index in [1.165, 1.54) is 0 Å². The summed E-state index contributed by atoms with van der Waals surface area (Å²) in [5.41, 5.74) is 10.7. The Morgan fingerprint density at radius 2 is 0.750 bits per heavy atom. The maximum Gasteiger partial charge on any atom is 0.0693 e. The van der Waals surface area contributed by atoms with Crippen molar-refractivity contribution in [1.82, 2.24) is 10.6 Å². The summed E-state index contributed by atoms with van der Waals surface area (Å²) in [7, 11) is 0. The van der Waals surface area contributed by atoms with Gasteiger partial charge in [0.2, 0.25) is 0 Å². The van der Waals surface area contributed by atoms with Crippen molar-refractivity contribution in [3.63, 3.8) is 0 Å². The standard InChI is InChI=1S/C8H22N4.C6H6Cl6/c9-3-1-5-11-7-8-12-6-2-4-10;7-1-2(8)4(10)6(12)5(11)3(1)9/h11-12H,1-10H2;1-6H. The molecule has 0 aromatic rings. The van der Waals surface area contributed by atoms with E-state index in [0.29, 0.717) is 0 Å². The molecule has 0 heterocycles. The Morgan fingerprint density at radius 1 is 0.500 bits per heavy atom. The topological polar surface area (TPSA) is 76.1 Å². The first kappa shape index (κ1) is 25.6. The lowest BCUT2D eigenvalue weighted by Crippen LogP contribution is -2.52. The highest BCUT2D eigenvalue weighted by Crippen LogP contribution is 2.39. The lowest BCUT2D eigenvalue weighted by atomic mass is 9.97. The van der Waals surface area contributed by atoms with Crippen molar-refractivity contribution >= 4 is 69.6 Å². The first-order chi connectivity index (χ1) is 11.4. The molecular weight excluding hydrogens is 437 g/mol. The lowest BCUT2D eigenvalue weighted by Gasteiger charge is -2.37. The largest absolute Gasteiger partial charge is 0.330 e. The third-order valence-corrected chi connectivity index (χ3v) is 7.45. The van der Waals surface area contributed by atoms with E-state index in [1.807, 2.05) is 0 Å². The minimum Gasteiger partial charge on any atom is -0.330 e. The Bertz CT molecular complexity index is 234. The van der Waals surface area contributed by atoms with Crippen LogP contribution < -0.4 is 22.1 Å². The van der Waals surface area contributed by atoms with Crippen LogP contribution in [-0.4, -0.2) is 71.5 Å². The summed E-state index contributed by atoms with van der Waals surface area (Å²) in [5, 5.41) is 3.96. The Hall–Kier alpha value is 1.58. The molecule has 0 aliphatic heterocycles. The van der Waals surface area contributed by atoms with Gasteiger partial charge in [0.25, 0.3) is 0 Å². The van der Waals surface area contributed by atoms with Gasteiger partial charge >= 0.3 is 0 Å². The Labute approximate surface area is 175 Å². The molecule has 1 aliphatic rings. The van der Waals surface area contributed by atoms with Crippen molar-refractivity contribution in [2.45, 2.75) is 45.1 Å². The molecule has 0 saturated heterocycles. The van der Waals surface area contributed by atoms with Crippen molar-refractivity contribution in [3.05, 3.63) is 0 Å². The number of rotatable bonds is 9. The number of hydrogen-bond acceptors (Lipinski definition) is 4. The summed E-state index contributed by atoms with van der Waals surface area (Å²) in [6, 6.07) is 0. The molecule has 1 aliphatic carbocycles. The van der Waals surface area contributed by atoms with Gasteiger partial charge in [-0.3, -0.25) is 0 Å². The van der Waals surface area contributed by atoms with E-state index in [4.69, 9.17) is 81.1 Å². The quantitative estimate of drug-likeness (QED) is 0.312. The van der Waals surface area contributed by atoms with Crippen LogP contribution in [0.3, 0.4) is 0 Å². The zero-order valence-corrected chi connectivity index (χ0v) is 18.1. The molecule has 6 N–H and O–H groups in total. The summed E-state index contributed by atoms with van der Waals surface area (Å²) in [6.07, 6.45) is 2.12. The van der Waals surface area contributed by atoms with E-state index in [1.54, 1.807) is 0 Å². The van der Waals surface area contributed by atoms with Crippen molar-refractivity contribution < 1.29 is 0 Å². The molecule has 0 aromatic carbocycles. The molecule has 0 amide bonds. The molecule has 0 spiro atoms. The average Bonchev–Trinajstić information content (AvgIpc) is 2.59. The molecule has 1 fully saturated rings. The van der Waals surface area contributed by atoms with Gasteiger partial charge in [0, 0.05) is 13.1 Å². The molecule has 1 saturated carbocycles. The Balaban J connectivity index is 0.000000441. The molecule has 0 unspecified atom stereocenters. The van der Waals surface area contributed by atoms with E-state index < -0.39 is 32.3 Å². The minimum absolute atomic E-state index is 0.437. The summed E-state index contributed by atoms with van der Waals surface area (Å²) >= 11 is 35.3. The fourth-order valence-electron chi connectivity index (χ4n) is 1.93. The highest BCUT2D eigenvalue weighted by Gasteiger charge is 2.46. The van der Waals surface area contributed by atoms with Gasteiger partial charge in [-0.1, -0.05) is 0 Å². The van der Waals surface area contributed by atoms with Gasteiger partial charge in [0.1, 0.15) is 0 Å². The molecule has 0 atom stereocenters. The Morgan fingerprint density at radius 3 is 0.958 bits per heavy atom. The van der Waals surface area contributed by atoms with Crippen LogP contribution in [0.2, 0.25) is 0 Å². The smallest absolute Gasteiger partial charge is 0.0693 e. The molecule has 4 nitrogen and oxygen atoms in total. The van der Waals surface area contributed by atoms with Gasteiger partial charge in [-0.15, -0.1) is 69.6 Å². The summed E-state index contributed by atoms with van der Waals surface area (Å²) in [5.74, 6) is 0. The molecule has 0 bridgehead atoms. The number of halogens is 6. The summed E-state index contributed by atoms with van der Waals surface area (Å²) < 4.78 is 0. The predicted molar refractivity (Wildman–Crippen MR) is 111 cm³/mol. The maximum absolute atomic E-state index is 5.88. The molecule has 1 rings (SSSR count). The first-order valence-electron chi connectivity index (χ1n) is 8.04. The second-order valence-corrected chi connectivity index (χ2v) is 8.47. The Kier molecular flexibility index (Phi) is 16.6. The molecule has 0 radical (unpaired) electrons. The van der Waals surface area contributed by atoms with Gasteiger partial charge in [-0.25, -0.2) is 0 Å². The third-order valence-electron chi connectivity index (χ3n) is 3.42. The fourth-order valence-corrected chi connectivity index (χ4v) is 4.26. The van der Waals surface area contributed by atoms with Crippen LogP contribution >= 0.6 is 69.6 Å². The minimum atomic E-state index is -0.437. The zero-order chi connectivity index (χ0) is 18.5. The van der Waals surface area contributed by atoms with E-state index in [2.05, 4.69) is 10.6 Å². The van der Waals surface area contributed by atoms with Crippen LogP contribution in [0.25, 0.3) is 0 Å². The van der Waals surface area contributed by atoms with E-state index >= 15 is 0 Å². The first-order valence-corrected chi connectivity index (χ1v) is 10.7. The predicted octanol–water partition coefficient (Wildman–Crippen LogP) is 2.51. The van der Waals surface area contributed by atoms with Gasteiger partial charge in [0.05, 0.1) is 32.3 Å². The van der Waals surface area contributed by atoms with E-state index in [9.17, 15) is 0 Å². The summed E-state index contributed by atoms with van der Waals surface area (Å²) in [6.45, 7) is 5.63. The number of hydrogen-bond donors (Lipinski definition) is 4.